The zero-order valence-corrected chi connectivity index (χ0v) is 16.6. The van der Waals surface area contributed by atoms with Gasteiger partial charge in [-0.05, 0) is 24.3 Å². The molecule has 0 spiro atoms. The Kier molecular flexibility index (Phi) is 5.83. The predicted octanol–water partition coefficient (Wildman–Crippen LogP) is 3.93. The van der Waals surface area contributed by atoms with Crippen LogP contribution in [0.2, 0.25) is 5.02 Å². The van der Waals surface area contributed by atoms with E-state index in [0.717, 1.165) is 11.8 Å². The van der Waals surface area contributed by atoms with Crippen molar-refractivity contribution in [1.82, 2.24) is 24.8 Å². The average molecular weight is 435 g/mol. The number of nitrogens with zero attached hydrogens (tertiary/aromatic N) is 6. The van der Waals surface area contributed by atoms with Crippen LogP contribution in [0.5, 0.6) is 0 Å². The highest BCUT2D eigenvalue weighted by atomic mass is 35.5. The van der Waals surface area contributed by atoms with Crippen LogP contribution in [-0.4, -0.2) is 51.0 Å². The summed E-state index contributed by atoms with van der Waals surface area (Å²) in [5.41, 5.74) is 0.379. The van der Waals surface area contributed by atoms with Crippen LogP contribution in [0.15, 0.2) is 48.9 Å². The first-order valence-corrected chi connectivity index (χ1v) is 9.71. The lowest BCUT2D eigenvalue weighted by Gasteiger charge is -2.35. The third kappa shape index (κ3) is 4.85. The van der Waals surface area contributed by atoms with Gasteiger partial charge in [-0.1, -0.05) is 11.6 Å². The molecule has 4 rings (SSSR count). The summed E-state index contributed by atoms with van der Waals surface area (Å²) in [6, 6.07) is 7.95. The maximum absolute atomic E-state index is 13.4. The van der Waals surface area contributed by atoms with Gasteiger partial charge in [0, 0.05) is 62.9 Å². The van der Waals surface area contributed by atoms with E-state index >= 15 is 0 Å². The lowest BCUT2D eigenvalue weighted by atomic mass is 10.2. The molecular weight excluding hydrogens is 417 g/mol. The fourth-order valence-electron chi connectivity index (χ4n) is 3.23. The van der Waals surface area contributed by atoms with E-state index in [-0.39, 0.29) is 11.6 Å². The standard InChI is InChI=1S/C20H18ClF3N6/c21-15-3-4-16(26-12-15)13-29-6-8-30(9-7-29)18-10-17(20(22,23)24)27-19(28-18)14-2-1-5-25-11-14/h1-5,10-12H,6-9,13H2. The van der Waals surface area contributed by atoms with Crippen LogP contribution in [0, 0.1) is 0 Å². The van der Waals surface area contributed by atoms with E-state index in [1.54, 1.807) is 30.6 Å². The number of piperazine rings is 1. The molecule has 0 bridgehead atoms. The molecule has 0 unspecified atom stereocenters. The summed E-state index contributed by atoms with van der Waals surface area (Å²) in [5.74, 6) is 0.279. The number of rotatable bonds is 4. The summed E-state index contributed by atoms with van der Waals surface area (Å²) in [6.07, 6.45) is 0.0481. The van der Waals surface area contributed by atoms with E-state index in [0.29, 0.717) is 43.3 Å². The molecule has 0 aliphatic carbocycles. The molecule has 1 fully saturated rings. The Morgan fingerprint density at radius 2 is 1.80 bits per heavy atom. The number of pyridine rings is 2. The molecule has 3 aromatic heterocycles. The highest BCUT2D eigenvalue weighted by Gasteiger charge is 2.34. The number of aromatic nitrogens is 4. The molecular formula is C20H18ClF3N6. The van der Waals surface area contributed by atoms with Gasteiger partial charge in [-0.2, -0.15) is 13.2 Å². The Balaban J connectivity index is 1.52. The maximum atomic E-state index is 13.4. The molecule has 0 aromatic carbocycles. The van der Waals surface area contributed by atoms with Crippen molar-refractivity contribution < 1.29 is 13.2 Å². The molecule has 0 radical (unpaired) electrons. The van der Waals surface area contributed by atoms with Crippen LogP contribution in [-0.2, 0) is 12.7 Å². The molecule has 3 aromatic rings. The minimum absolute atomic E-state index is 0.0146. The molecule has 1 saturated heterocycles. The first kappa shape index (κ1) is 20.5. The molecule has 6 nitrogen and oxygen atoms in total. The Labute approximate surface area is 176 Å². The first-order chi connectivity index (χ1) is 14.4. The van der Waals surface area contributed by atoms with Crippen LogP contribution in [0.25, 0.3) is 11.4 Å². The van der Waals surface area contributed by atoms with E-state index in [1.807, 2.05) is 11.0 Å². The first-order valence-electron chi connectivity index (χ1n) is 9.33. The third-order valence-electron chi connectivity index (χ3n) is 4.79. The zero-order valence-electron chi connectivity index (χ0n) is 15.8. The highest BCUT2D eigenvalue weighted by Crippen LogP contribution is 2.31. The van der Waals surface area contributed by atoms with Crippen LogP contribution < -0.4 is 4.90 Å². The van der Waals surface area contributed by atoms with Crippen molar-refractivity contribution >= 4 is 17.4 Å². The van der Waals surface area contributed by atoms with Crippen molar-refractivity contribution in [2.75, 3.05) is 31.1 Å². The molecule has 1 aliphatic heterocycles. The van der Waals surface area contributed by atoms with Crippen LogP contribution in [0.3, 0.4) is 0 Å². The van der Waals surface area contributed by atoms with Crippen molar-refractivity contribution in [2.24, 2.45) is 0 Å². The van der Waals surface area contributed by atoms with Gasteiger partial charge in [0.2, 0.25) is 0 Å². The van der Waals surface area contributed by atoms with E-state index in [4.69, 9.17) is 11.6 Å². The minimum atomic E-state index is -4.56. The quantitative estimate of drug-likeness (QED) is 0.620. The smallest absolute Gasteiger partial charge is 0.354 e. The fraction of sp³-hybridized carbons (Fsp3) is 0.300. The zero-order chi connectivity index (χ0) is 21.1. The third-order valence-corrected chi connectivity index (χ3v) is 5.02. The largest absolute Gasteiger partial charge is 0.433 e. The van der Waals surface area contributed by atoms with Gasteiger partial charge in [-0.25, -0.2) is 9.97 Å². The molecule has 0 amide bonds. The number of hydrogen-bond acceptors (Lipinski definition) is 6. The SMILES string of the molecule is FC(F)(F)c1cc(N2CCN(Cc3ccc(Cl)cn3)CC2)nc(-c2cccnc2)n1. The maximum Gasteiger partial charge on any atom is 0.433 e. The van der Waals surface area contributed by atoms with Crippen molar-refractivity contribution in [3.05, 3.63) is 65.3 Å². The predicted molar refractivity (Wildman–Crippen MR) is 107 cm³/mol. The molecule has 0 N–H and O–H groups in total. The molecule has 4 heterocycles. The second kappa shape index (κ2) is 8.53. The summed E-state index contributed by atoms with van der Waals surface area (Å²) < 4.78 is 40.2. The summed E-state index contributed by atoms with van der Waals surface area (Å²) in [5, 5.41) is 0.581. The summed E-state index contributed by atoms with van der Waals surface area (Å²) in [6.45, 7) is 3.11. The molecule has 0 atom stereocenters. The summed E-state index contributed by atoms with van der Waals surface area (Å²) >= 11 is 5.86. The highest BCUT2D eigenvalue weighted by molar-refractivity contribution is 6.30. The average Bonchev–Trinajstić information content (AvgIpc) is 2.76. The lowest BCUT2D eigenvalue weighted by molar-refractivity contribution is -0.141. The molecule has 156 valence electrons. The Morgan fingerprint density at radius 3 is 2.43 bits per heavy atom. The second-order valence-corrected chi connectivity index (χ2v) is 7.34. The van der Waals surface area contributed by atoms with Gasteiger partial charge in [0.15, 0.2) is 11.5 Å². The summed E-state index contributed by atoms with van der Waals surface area (Å²) in [7, 11) is 0. The van der Waals surface area contributed by atoms with Crippen LogP contribution in [0.1, 0.15) is 11.4 Å². The fourth-order valence-corrected chi connectivity index (χ4v) is 3.34. The summed E-state index contributed by atoms with van der Waals surface area (Å²) in [4.78, 5) is 20.4. The van der Waals surface area contributed by atoms with Crippen molar-refractivity contribution in [1.29, 1.82) is 0 Å². The van der Waals surface area contributed by atoms with Gasteiger partial charge in [-0.15, -0.1) is 0 Å². The van der Waals surface area contributed by atoms with Crippen molar-refractivity contribution in [2.45, 2.75) is 12.7 Å². The Bertz CT molecular complexity index is 990. The van der Waals surface area contributed by atoms with Gasteiger partial charge >= 0.3 is 6.18 Å². The van der Waals surface area contributed by atoms with E-state index in [9.17, 15) is 13.2 Å². The monoisotopic (exact) mass is 434 g/mol. The van der Waals surface area contributed by atoms with Crippen LogP contribution in [0.4, 0.5) is 19.0 Å². The number of hydrogen-bond donors (Lipinski definition) is 0. The number of halogens is 4. The van der Waals surface area contributed by atoms with Crippen molar-refractivity contribution in [3.63, 3.8) is 0 Å². The molecule has 1 aliphatic rings. The topological polar surface area (TPSA) is 58.0 Å². The molecule has 0 saturated carbocycles. The van der Waals surface area contributed by atoms with E-state index < -0.39 is 11.9 Å². The van der Waals surface area contributed by atoms with E-state index in [1.165, 1.54) is 6.20 Å². The van der Waals surface area contributed by atoms with Gasteiger partial charge < -0.3 is 4.90 Å². The van der Waals surface area contributed by atoms with Gasteiger partial charge in [0.05, 0.1) is 10.7 Å². The molecule has 10 heteroatoms. The number of alkyl halides is 3. The van der Waals surface area contributed by atoms with Crippen LogP contribution >= 0.6 is 11.6 Å². The van der Waals surface area contributed by atoms with Gasteiger partial charge in [0.1, 0.15) is 5.82 Å². The minimum Gasteiger partial charge on any atom is -0.354 e. The Morgan fingerprint density at radius 1 is 1.00 bits per heavy atom. The number of anilines is 1. The van der Waals surface area contributed by atoms with Gasteiger partial charge in [-0.3, -0.25) is 14.9 Å². The normalized spacial score (nSPS) is 15.4. The Hall–Kier alpha value is -2.78. The van der Waals surface area contributed by atoms with Gasteiger partial charge in [0.25, 0.3) is 0 Å². The second-order valence-electron chi connectivity index (χ2n) is 6.91. The van der Waals surface area contributed by atoms with E-state index in [2.05, 4.69) is 24.8 Å². The lowest BCUT2D eigenvalue weighted by Crippen LogP contribution is -2.46. The van der Waals surface area contributed by atoms with Crippen molar-refractivity contribution in [3.8, 4) is 11.4 Å². The molecule has 30 heavy (non-hydrogen) atoms.